The zero-order valence-corrected chi connectivity index (χ0v) is 15.7. The van der Waals surface area contributed by atoms with Gasteiger partial charge in [-0.05, 0) is 31.9 Å². The van der Waals surface area contributed by atoms with E-state index in [9.17, 15) is 4.79 Å². The average molecular weight is 362 g/mol. The SMILES string of the molecule is CCCN(CCC)C(=O)CNc1nc(-c2ccncc2)nc(Cl)c1C. The first-order valence-electron chi connectivity index (χ1n) is 8.53. The number of hydrogen-bond donors (Lipinski definition) is 1. The maximum atomic E-state index is 12.4. The Balaban J connectivity index is 2.16. The lowest BCUT2D eigenvalue weighted by atomic mass is 10.2. The molecule has 2 aromatic rings. The second-order valence-electron chi connectivity index (χ2n) is 5.78. The van der Waals surface area contributed by atoms with Crippen LogP contribution in [0.4, 0.5) is 5.82 Å². The molecule has 0 aliphatic heterocycles. The molecule has 6 nitrogen and oxygen atoms in total. The maximum Gasteiger partial charge on any atom is 0.241 e. The van der Waals surface area contributed by atoms with Gasteiger partial charge in [-0.25, -0.2) is 9.97 Å². The smallest absolute Gasteiger partial charge is 0.241 e. The number of rotatable bonds is 8. The highest BCUT2D eigenvalue weighted by atomic mass is 35.5. The number of nitrogens with zero attached hydrogens (tertiary/aromatic N) is 4. The molecule has 1 amide bonds. The van der Waals surface area contributed by atoms with Crippen molar-refractivity contribution in [2.24, 2.45) is 0 Å². The molecule has 0 fully saturated rings. The normalized spacial score (nSPS) is 10.6. The second kappa shape index (κ2) is 9.32. The van der Waals surface area contributed by atoms with E-state index in [-0.39, 0.29) is 12.5 Å². The fourth-order valence-corrected chi connectivity index (χ4v) is 2.63. The Bertz CT molecular complexity index is 702. The summed E-state index contributed by atoms with van der Waals surface area (Å²) in [6, 6.07) is 3.64. The Labute approximate surface area is 153 Å². The summed E-state index contributed by atoms with van der Waals surface area (Å²) in [6.07, 6.45) is 5.24. The minimum Gasteiger partial charge on any atom is -0.361 e. The Morgan fingerprint density at radius 2 is 1.80 bits per heavy atom. The first kappa shape index (κ1) is 19.1. The molecule has 0 aliphatic carbocycles. The summed E-state index contributed by atoms with van der Waals surface area (Å²) in [5.41, 5.74) is 1.55. The summed E-state index contributed by atoms with van der Waals surface area (Å²) in [5.74, 6) is 1.14. The van der Waals surface area contributed by atoms with Crippen LogP contribution in [0.25, 0.3) is 11.4 Å². The first-order chi connectivity index (χ1) is 12.1. The molecule has 1 N–H and O–H groups in total. The molecule has 2 heterocycles. The monoisotopic (exact) mass is 361 g/mol. The van der Waals surface area contributed by atoms with E-state index in [4.69, 9.17) is 11.6 Å². The molecule has 0 radical (unpaired) electrons. The molecule has 0 saturated heterocycles. The van der Waals surface area contributed by atoms with Crippen molar-refractivity contribution in [3.05, 3.63) is 35.2 Å². The highest BCUT2D eigenvalue weighted by Gasteiger charge is 2.15. The standard InChI is InChI=1S/C18H24ClN5O/c1-4-10-24(11-5-2)15(25)12-21-17-13(3)16(19)22-18(23-17)14-6-8-20-9-7-14/h6-9H,4-5,10-12H2,1-3H3,(H,21,22,23). The van der Waals surface area contributed by atoms with Crippen LogP contribution in [0.3, 0.4) is 0 Å². The van der Waals surface area contributed by atoms with Gasteiger partial charge in [0.25, 0.3) is 0 Å². The first-order valence-corrected chi connectivity index (χ1v) is 8.90. The molecule has 0 atom stereocenters. The van der Waals surface area contributed by atoms with E-state index in [2.05, 4.69) is 34.1 Å². The molecular formula is C18H24ClN5O. The van der Waals surface area contributed by atoms with Crippen molar-refractivity contribution >= 4 is 23.3 Å². The lowest BCUT2D eigenvalue weighted by Gasteiger charge is -2.22. The van der Waals surface area contributed by atoms with Gasteiger partial charge in [-0.15, -0.1) is 0 Å². The fourth-order valence-electron chi connectivity index (χ4n) is 2.46. The van der Waals surface area contributed by atoms with Crippen molar-refractivity contribution in [3.8, 4) is 11.4 Å². The Morgan fingerprint density at radius 1 is 1.16 bits per heavy atom. The van der Waals surface area contributed by atoms with Gasteiger partial charge in [-0.1, -0.05) is 25.4 Å². The van der Waals surface area contributed by atoms with Gasteiger partial charge in [0.1, 0.15) is 11.0 Å². The lowest BCUT2D eigenvalue weighted by Crippen LogP contribution is -2.36. The zero-order valence-electron chi connectivity index (χ0n) is 14.9. The molecule has 0 saturated carbocycles. The average Bonchev–Trinajstić information content (AvgIpc) is 2.63. The van der Waals surface area contributed by atoms with Gasteiger partial charge in [0.2, 0.25) is 5.91 Å². The second-order valence-corrected chi connectivity index (χ2v) is 6.14. The van der Waals surface area contributed by atoms with Crippen molar-refractivity contribution in [3.63, 3.8) is 0 Å². The van der Waals surface area contributed by atoms with Crippen molar-refractivity contribution in [2.75, 3.05) is 25.0 Å². The van der Waals surface area contributed by atoms with Crippen molar-refractivity contribution in [2.45, 2.75) is 33.6 Å². The molecule has 0 aromatic carbocycles. The molecule has 2 aromatic heterocycles. The summed E-state index contributed by atoms with van der Waals surface area (Å²) in [4.78, 5) is 27.1. The molecule has 0 unspecified atom stereocenters. The number of nitrogens with one attached hydrogen (secondary N) is 1. The molecule has 7 heteroatoms. The van der Waals surface area contributed by atoms with Crippen LogP contribution in [0.5, 0.6) is 0 Å². The largest absolute Gasteiger partial charge is 0.361 e. The Kier molecular flexibility index (Phi) is 7.13. The molecule has 0 spiro atoms. The number of carbonyl (C=O) groups excluding carboxylic acids is 1. The van der Waals surface area contributed by atoms with Crippen molar-refractivity contribution in [1.82, 2.24) is 19.9 Å². The van der Waals surface area contributed by atoms with Crippen LogP contribution in [-0.4, -0.2) is 45.4 Å². The van der Waals surface area contributed by atoms with Crippen LogP contribution in [0.15, 0.2) is 24.5 Å². The van der Waals surface area contributed by atoms with Gasteiger partial charge in [-0.2, -0.15) is 0 Å². The van der Waals surface area contributed by atoms with Gasteiger partial charge >= 0.3 is 0 Å². The number of pyridine rings is 1. The molecule has 0 bridgehead atoms. The fraction of sp³-hybridized carbons (Fsp3) is 0.444. The van der Waals surface area contributed by atoms with E-state index in [1.54, 1.807) is 12.4 Å². The van der Waals surface area contributed by atoms with Gasteiger partial charge in [0.15, 0.2) is 5.82 Å². The molecular weight excluding hydrogens is 338 g/mol. The quantitative estimate of drug-likeness (QED) is 0.728. The topological polar surface area (TPSA) is 71.0 Å². The molecule has 0 aliphatic rings. The van der Waals surface area contributed by atoms with E-state index in [1.165, 1.54) is 0 Å². The van der Waals surface area contributed by atoms with E-state index >= 15 is 0 Å². The van der Waals surface area contributed by atoms with E-state index in [0.717, 1.165) is 37.1 Å². The van der Waals surface area contributed by atoms with E-state index in [1.807, 2.05) is 24.0 Å². The minimum atomic E-state index is 0.0586. The predicted molar refractivity (Wildman–Crippen MR) is 101 cm³/mol. The van der Waals surface area contributed by atoms with Crippen LogP contribution >= 0.6 is 11.6 Å². The minimum absolute atomic E-state index is 0.0586. The van der Waals surface area contributed by atoms with E-state index < -0.39 is 0 Å². The maximum absolute atomic E-state index is 12.4. The number of halogens is 1. The zero-order chi connectivity index (χ0) is 18.2. The molecule has 2 rings (SSSR count). The summed E-state index contributed by atoms with van der Waals surface area (Å²) < 4.78 is 0. The van der Waals surface area contributed by atoms with Gasteiger partial charge in [-0.3, -0.25) is 9.78 Å². The van der Waals surface area contributed by atoms with Crippen LogP contribution in [-0.2, 0) is 4.79 Å². The number of carbonyl (C=O) groups is 1. The Morgan fingerprint density at radius 3 is 2.40 bits per heavy atom. The van der Waals surface area contributed by atoms with Gasteiger partial charge < -0.3 is 10.2 Å². The van der Waals surface area contributed by atoms with Crippen molar-refractivity contribution in [1.29, 1.82) is 0 Å². The third kappa shape index (κ3) is 5.13. The van der Waals surface area contributed by atoms with Crippen LogP contribution in [0.2, 0.25) is 5.15 Å². The summed E-state index contributed by atoms with van der Waals surface area (Å²) in [5, 5.41) is 3.49. The lowest BCUT2D eigenvalue weighted by molar-refractivity contribution is -0.129. The number of anilines is 1. The van der Waals surface area contributed by atoms with Gasteiger partial charge in [0.05, 0.1) is 6.54 Å². The van der Waals surface area contributed by atoms with Crippen LogP contribution in [0.1, 0.15) is 32.3 Å². The Hall–Kier alpha value is -2.21. The number of aromatic nitrogens is 3. The molecule has 134 valence electrons. The summed E-state index contributed by atoms with van der Waals surface area (Å²) in [6.45, 7) is 7.68. The van der Waals surface area contributed by atoms with Crippen LogP contribution in [0, 0.1) is 6.92 Å². The third-order valence-corrected chi connectivity index (χ3v) is 4.14. The third-order valence-electron chi connectivity index (χ3n) is 3.77. The highest BCUT2D eigenvalue weighted by molar-refractivity contribution is 6.30. The number of amides is 1. The van der Waals surface area contributed by atoms with Gasteiger partial charge in [0, 0.05) is 36.6 Å². The highest BCUT2D eigenvalue weighted by Crippen LogP contribution is 2.24. The number of hydrogen-bond acceptors (Lipinski definition) is 5. The summed E-state index contributed by atoms with van der Waals surface area (Å²) in [7, 11) is 0. The predicted octanol–water partition coefficient (Wildman–Crippen LogP) is 3.56. The van der Waals surface area contributed by atoms with E-state index in [0.29, 0.717) is 16.8 Å². The summed E-state index contributed by atoms with van der Waals surface area (Å²) >= 11 is 6.24. The van der Waals surface area contributed by atoms with Crippen molar-refractivity contribution < 1.29 is 4.79 Å². The molecule has 25 heavy (non-hydrogen) atoms. The van der Waals surface area contributed by atoms with Crippen LogP contribution < -0.4 is 5.32 Å².